The fraction of sp³-hybridized carbons (Fsp3) is 0.318. The molecule has 0 aliphatic carbocycles. The van der Waals surface area contributed by atoms with Crippen LogP contribution in [0.15, 0.2) is 52.9 Å². The maximum atomic E-state index is 13.1. The van der Waals surface area contributed by atoms with Crippen molar-refractivity contribution in [2.45, 2.75) is 18.8 Å². The van der Waals surface area contributed by atoms with Crippen molar-refractivity contribution in [2.75, 3.05) is 32.1 Å². The molecule has 0 radical (unpaired) electrons. The van der Waals surface area contributed by atoms with E-state index in [0.717, 1.165) is 25.9 Å². The molecule has 1 amide bonds. The average molecular weight is 410 g/mol. The van der Waals surface area contributed by atoms with Crippen molar-refractivity contribution in [1.29, 1.82) is 0 Å². The van der Waals surface area contributed by atoms with Gasteiger partial charge in [-0.05, 0) is 62.3 Å². The molecule has 0 unspecified atom stereocenters. The van der Waals surface area contributed by atoms with Gasteiger partial charge in [0.1, 0.15) is 11.6 Å². The maximum Gasteiger partial charge on any atom is 0.247 e. The van der Waals surface area contributed by atoms with Gasteiger partial charge in [-0.1, -0.05) is 6.07 Å². The summed E-state index contributed by atoms with van der Waals surface area (Å²) in [5.41, 5.74) is 1.41. The highest BCUT2D eigenvalue weighted by Crippen LogP contribution is 2.29. The number of anilines is 1. The quantitative estimate of drug-likeness (QED) is 0.667. The monoisotopic (exact) mass is 410 g/mol. The van der Waals surface area contributed by atoms with Gasteiger partial charge >= 0.3 is 0 Å². The molecule has 7 nitrogen and oxygen atoms in total. The highest BCUT2D eigenvalue weighted by atomic mass is 19.1. The van der Waals surface area contributed by atoms with E-state index in [1.807, 2.05) is 18.2 Å². The predicted octanol–water partition coefficient (Wildman–Crippen LogP) is 3.70. The Labute approximate surface area is 173 Å². The molecule has 3 aromatic rings. The van der Waals surface area contributed by atoms with Crippen molar-refractivity contribution >= 4 is 11.6 Å². The number of benzene rings is 2. The van der Waals surface area contributed by atoms with E-state index in [4.69, 9.17) is 9.15 Å². The highest BCUT2D eigenvalue weighted by Gasteiger charge is 2.26. The van der Waals surface area contributed by atoms with Crippen molar-refractivity contribution in [3.05, 3.63) is 60.2 Å². The van der Waals surface area contributed by atoms with Gasteiger partial charge in [0.05, 0.1) is 13.7 Å². The van der Waals surface area contributed by atoms with Crippen LogP contribution in [-0.4, -0.2) is 47.7 Å². The number of carbonyl (C=O) groups excluding carboxylic acids is 1. The van der Waals surface area contributed by atoms with Crippen LogP contribution < -0.4 is 10.1 Å². The first-order valence-electron chi connectivity index (χ1n) is 9.86. The topological polar surface area (TPSA) is 80.5 Å². The van der Waals surface area contributed by atoms with Gasteiger partial charge in [-0.25, -0.2) is 4.39 Å². The number of piperidine rings is 1. The predicted molar refractivity (Wildman–Crippen MR) is 110 cm³/mol. The van der Waals surface area contributed by atoms with Crippen LogP contribution in [0.2, 0.25) is 0 Å². The zero-order chi connectivity index (χ0) is 20.9. The van der Waals surface area contributed by atoms with E-state index >= 15 is 0 Å². The van der Waals surface area contributed by atoms with Gasteiger partial charge in [0.15, 0.2) is 0 Å². The standard InChI is InChI=1S/C22H23FN4O3/c1-29-19-4-2-3-18(13-19)24-20(28)14-27-11-9-16(10-12-27)22-26-25-21(30-22)15-5-7-17(23)8-6-15/h2-8,13,16H,9-12,14H2,1H3,(H,24,28). The largest absolute Gasteiger partial charge is 0.497 e. The molecule has 0 saturated carbocycles. The van der Waals surface area contributed by atoms with Gasteiger partial charge < -0.3 is 14.5 Å². The van der Waals surface area contributed by atoms with Gasteiger partial charge in [-0.15, -0.1) is 10.2 Å². The van der Waals surface area contributed by atoms with Gasteiger partial charge in [-0.2, -0.15) is 0 Å². The minimum atomic E-state index is -0.304. The fourth-order valence-electron chi connectivity index (χ4n) is 3.55. The molecule has 1 aliphatic rings. The van der Waals surface area contributed by atoms with E-state index in [1.165, 1.54) is 12.1 Å². The third kappa shape index (κ3) is 4.83. The van der Waals surface area contributed by atoms with Gasteiger partial charge in [0.2, 0.25) is 17.7 Å². The summed E-state index contributed by atoms with van der Waals surface area (Å²) in [5.74, 6) is 1.48. The number of amides is 1. The van der Waals surface area contributed by atoms with Crippen LogP contribution in [0.1, 0.15) is 24.7 Å². The van der Waals surface area contributed by atoms with Gasteiger partial charge in [0, 0.05) is 23.2 Å². The Morgan fingerprint density at radius 2 is 1.97 bits per heavy atom. The zero-order valence-electron chi connectivity index (χ0n) is 16.7. The molecule has 2 aromatic carbocycles. The number of hydrogen-bond acceptors (Lipinski definition) is 6. The minimum absolute atomic E-state index is 0.0573. The average Bonchev–Trinajstić information content (AvgIpc) is 3.25. The second kappa shape index (κ2) is 9.04. The lowest BCUT2D eigenvalue weighted by Gasteiger charge is -2.29. The van der Waals surface area contributed by atoms with E-state index in [2.05, 4.69) is 20.4 Å². The summed E-state index contributed by atoms with van der Waals surface area (Å²) in [6.45, 7) is 1.86. The lowest BCUT2D eigenvalue weighted by molar-refractivity contribution is -0.117. The van der Waals surface area contributed by atoms with Crippen molar-refractivity contribution in [3.63, 3.8) is 0 Å². The molecule has 1 saturated heterocycles. The number of halogens is 1. The number of carbonyl (C=O) groups is 1. The lowest BCUT2D eigenvalue weighted by Crippen LogP contribution is -2.38. The molecule has 1 aliphatic heterocycles. The normalized spacial score (nSPS) is 15.1. The Morgan fingerprint density at radius 3 is 2.70 bits per heavy atom. The first-order valence-corrected chi connectivity index (χ1v) is 9.86. The maximum absolute atomic E-state index is 13.1. The minimum Gasteiger partial charge on any atom is -0.497 e. The second-order valence-electron chi connectivity index (χ2n) is 7.28. The Hall–Kier alpha value is -3.26. The molecule has 1 aromatic heterocycles. The van der Waals surface area contributed by atoms with Crippen LogP contribution >= 0.6 is 0 Å². The molecular weight excluding hydrogens is 387 g/mol. The number of methoxy groups -OCH3 is 1. The van der Waals surface area contributed by atoms with Crippen LogP contribution in [-0.2, 0) is 4.79 Å². The molecule has 4 rings (SSSR count). The third-order valence-electron chi connectivity index (χ3n) is 5.19. The third-order valence-corrected chi connectivity index (χ3v) is 5.19. The Kier molecular flexibility index (Phi) is 6.04. The Balaban J connectivity index is 1.28. The number of nitrogens with zero attached hydrogens (tertiary/aromatic N) is 3. The SMILES string of the molecule is COc1cccc(NC(=O)CN2CCC(c3nnc(-c4ccc(F)cc4)o3)CC2)c1. The first-order chi connectivity index (χ1) is 14.6. The summed E-state index contributed by atoms with van der Waals surface area (Å²) in [6, 6.07) is 13.3. The van der Waals surface area contributed by atoms with Crippen LogP contribution in [0.25, 0.3) is 11.5 Å². The van der Waals surface area contributed by atoms with Gasteiger partial charge in [0.25, 0.3) is 0 Å². The molecule has 1 N–H and O–H groups in total. The zero-order valence-corrected chi connectivity index (χ0v) is 16.7. The van der Waals surface area contributed by atoms with Crippen LogP contribution in [0, 0.1) is 5.82 Å². The summed E-state index contributed by atoms with van der Waals surface area (Å²) >= 11 is 0. The van der Waals surface area contributed by atoms with E-state index in [1.54, 1.807) is 25.3 Å². The van der Waals surface area contributed by atoms with E-state index in [-0.39, 0.29) is 17.6 Å². The van der Waals surface area contributed by atoms with Crippen LogP contribution in [0.4, 0.5) is 10.1 Å². The van der Waals surface area contributed by atoms with Crippen molar-refractivity contribution in [2.24, 2.45) is 0 Å². The van der Waals surface area contributed by atoms with Crippen LogP contribution in [0.5, 0.6) is 5.75 Å². The van der Waals surface area contributed by atoms with Crippen molar-refractivity contribution < 1.29 is 18.3 Å². The fourth-order valence-corrected chi connectivity index (χ4v) is 3.55. The molecule has 30 heavy (non-hydrogen) atoms. The highest BCUT2D eigenvalue weighted by molar-refractivity contribution is 5.92. The first kappa shape index (κ1) is 20.0. The summed E-state index contributed by atoms with van der Waals surface area (Å²) in [7, 11) is 1.59. The molecule has 1 fully saturated rings. The summed E-state index contributed by atoms with van der Waals surface area (Å²) in [4.78, 5) is 14.5. The van der Waals surface area contributed by atoms with Crippen LogP contribution in [0.3, 0.4) is 0 Å². The van der Waals surface area contributed by atoms with Crippen molar-refractivity contribution in [1.82, 2.24) is 15.1 Å². The molecule has 0 spiro atoms. The second-order valence-corrected chi connectivity index (χ2v) is 7.28. The Morgan fingerprint density at radius 1 is 1.20 bits per heavy atom. The van der Waals surface area contributed by atoms with Gasteiger partial charge in [-0.3, -0.25) is 9.69 Å². The van der Waals surface area contributed by atoms with E-state index in [9.17, 15) is 9.18 Å². The number of aromatic nitrogens is 2. The summed E-state index contributed by atoms with van der Waals surface area (Å²) in [5, 5.41) is 11.2. The molecule has 156 valence electrons. The number of hydrogen-bond donors (Lipinski definition) is 1. The number of likely N-dealkylation sites (tertiary alicyclic amines) is 1. The number of rotatable bonds is 6. The van der Waals surface area contributed by atoms with Crippen molar-refractivity contribution in [3.8, 4) is 17.2 Å². The molecule has 0 atom stereocenters. The summed E-state index contributed by atoms with van der Waals surface area (Å²) < 4.78 is 24.1. The summed E-state index contributed by atoms with van der Waals surface area (Å²) in [6.07, 6.45) is 1.66. The Bertz CT molecular complexity index is 998. The molecule has 2 heterocycles. The number of nitrogens with one attached hydrogen (secondary N) is 1. The molecular formula is C22H23FN4O3. The van der Waals surface area contributed by atoms with E-state index in [0.29, 0.717) is 35.3 Å². The molecule has 0 bridgehead atoms. The number of ether oxygens (including phenoxy) is 1. The smallest absolute Gasteiger partial charge is 0.247 e. The lowest BCUT2D eigenvalue weighted by atomic mass is 9.97. The van der Waals surface area contributed by atoms with E-state index < -0.39 is 0 Å². The molecule has 8 heteroatoms.